The highest BCUT2D eigenvalue weighted by Crippen LogP contribution is 2.22. The van der Waals surface area contributed by atoms with Crippen molar-refractivity contribution in [1.29, 1.82) is 0 Å². The second kappa shape index (κ2) is 8.31. The third kappa shape index (κ3) is 4.75. The molecule has 1 rings (SSSR count). The Kier molecular flexibility index (Phi) is 6.67. The fourth-order valence-electron chi connectivity index (χ4n) is 1.40. The van der Waals surface area contributed by atoms with E-state index in [1.165, 1.54) is 12.3 Å². The lowest BCUT2D eigenvalue weighted by Gasteiger charge is -2.10. The standard InChI is InChI=1S/C13H20N2O4/c1-3-7-17-8-9-19-12-11(14)10(5-6-15-12)13(16)18-4-2/h5-6H,3-4,7-9,14H2,1-2H3. The first-order valence-corrected chi connectivity index (χ1v) is 6.32. The summed E-state index contributed by atoms with van der Waals surface area (Å²) in [5.41, 5.74) is 6.28. The third-order valence-electron chi connectivity index (χ3n) is 2.26. The highest BCUT2D eigenvalue weighted by atomic mass is 16.5. The van der Waals surface area contributed by atoms with Gasteiger partial charge >= 0.3 is 5.97 Å². The molecule has 0 aromatic carbocycles. The van der Waals surface area contributed by atoms with Crippen LogP contribution in [0, 0.1) is 0 Å². The Morgan fingerprint density at radius 3 is 2.79 bits per heavy atom. The highest BCUT2D eigenvalue weighted by molar-refractivity contribution is 5.96. The maximum atomic E-state index is 11.6. The lowest BCUT2D eigenvalue weighted by atomic mass is 10.2. The predicted octanol–water partition coefficient (Wildman–Crippen LogP) is 1.65. The normalized spacial score (nSPS) is 10.2. The number of hydrogen-bond acceptors (Lipinski definition) is 6. The number of esters is 1. The van der Waals surface area contributed by atoms with Crippen molar-refractivity contribution < 1.29 is 19.0 Å². The molecule has 0 spiro atoms. The maximum absolute atomic E-state index is 11.6. The van der Waals surface area contributed by atoms with Gasteiger partial charge < -0.3 is 19.9 Å². The summed E-state index contributed by atoms with van der Waals surface area (Å²) in [6, 6.07) is 1.51. The number of aromatic nitrogens is 1. The van der Waals surface area contributed by atoms with Gasteiger partial charge in [0.05, 0.1) is 18.8 Å². The minimum atomic E-state index is -0.477. The minimum Gasteiger partial charge on any atom is -0.474 e. The summed E-state index contributed by atoms with van der Waals surface area (Å²) in [5.74, 6) is -0.250. The van der Waals surface area contributed by atoms with Crippen molar-refractivity contribution in [2.45, 2.75) is 20.3 Å². The van der Waals surface area contributed by atoms with Crippen LogP contribution in [0.5, 0.6) is 5.88 Å². The van der Waals surface area contributed by atoms with Gasteiger partial charge in [-0.15, -0.1) is 0 Å². The van der Waals surface area contributed by atoms with Gasteiger partial charge in [-0.2, -0.15) is 0 Å². The average molecular weight is 268 g/mol. The molecule has 0 amide bonds. The molecule has 6 heteroatoms. The Morgan fingerprint density at radius 1 is 1.32 bits per heavy atom. The van der Waals surface area contributed by atoms with Crippen molar-refractivity contribution in [2.24, 2.45) is 0 Å². The molecule has 0 aliphatic carbocycles. The molecule has 1 heterocycles. The van der Waals surface area contributed by atoms with Crippen LogP contribution >= 0.6 is 0 Å². The molecular weight excluding hydrogens is 248 g/mol. The number of rotatable bonds is 8. The van der Waals surface area contributed by atoms with E-state index in [1.807, 2.05) is 6.92 Å². The SMILES string of the molecule is CCCOCCOc1nccc(C(=O)OCC)c1N. The van der Waals surface area contributed by atoms with E-state index in [4.69, 9.17) is 19.9 Å². The van der Waals surface area contributed by atoms with Crippen molar-refractivity contribution >= 4 is 11.7 Å². The summed E-state index contributed by atoms with van der Waals surface area (Å²) in [6.45, 7) is 5.54. The van der Waals surface area contributed by atoms with Crippen LogP contribution in [0.4, 0.5) is 5.69 Å². The Labute approximate surface area is 112 Å². The fourth-order valence-corrected chi connectivity index (χ4v) is 1.40. The number of nitrogen functional groups attached to an aromatic ring is 1. The summed E-state index contributed by atoms with van der Waals surface area (Å²) in [6.07, 6.45) is 2.42. The molecule has 6 nitrogen and oxygen atoms in total. The van der Waals surface area contributed by atoms with Crippen LogP contribution in [-0.2, 0) is 9.47 Å². The first kappa shape index (κ1) is 15.2. The maximum Gasteiger partial charge on any atom is 0.340 e. The molecule has 1 aromatic heterocycles. The Bertz CT molecular complexity index is 410. The van der Waals surface area contributed by atoms with E-state index in [9.17, 15) is 4.79 Å². The molecule has 106 valence electrons. The molecule has 0 saturated heterocycles. The van der Waals surface area contributed by atoms with E-state index >= 15 is 0 Å². The van der Waals surface area contributed by atoms with Crippen LogP contribution < -0.4 is 10.5 Å². The molecule has 0 aliphatic heterocycles. The van der Waals surface area contributed by atoms with Crippen LogP contribution in [0.15, 0.2) is 12.3 Å². The molecule has 0 fully saturated rings. The van der Waals surface area contributed by atoms with Gasteiger partial charge in [0.2, 0.25) is 5.88 Å². The first-order chi connectivity index (χ1) is 9.20. The Hall–Kier alpha value is -1.82. The van der Waals surface area contributed by atoms with Crippen molar-refractivity contribution in [1.82, 2.24) is 4.98 Å². The highest BCUT2D eigenvalue weighted by Gasteiger charge is 2.15. The largest absolute Gasteiger partial charge is 0.474 e. The van der Waals surface area contributed by atoms with Gasteiger partial charge in [-0.25, -0.2) is 9.78 Å². The number of nitrogens with two attached hydrogens (primary N) is 1. The smallest absolute Gasteiger partial charge is 0.340 e. The summed E-state index contributed by atoms with van der Waals surface area (Å²) < 4.78 is 15.6. The van der Waals surface area contributed by atoms with E-state index in [1.54, 1.807) is 6.92 Å². The molecule has 0 bridgehead atoms. The zero-order valence-corrected chi connectivity index (χ0v) is 11.3. The van der Waals surface area contributed by atoms with Gasteiger partial charge in [0.25, 0.3) is 0 Å². The predicted molar refractivity (Wildman–Crippen MR) is 71.2 cm³/mol. The quantitative estimate of drug-likeness (QED) is 0.570. The molecular formula is C13H20N2O4. The van der Waals surface area contributed by atoms with Crippen LogP contribution in [-0.4, -0.2) is 37.4 Å². The fraction of sp³-hybridized carbons (Fsp3) is 0.538. The van der Waals surface area contributed by atoms with Gasteiger partial charge in [-0.05, 0) is 19.4 Å². The van der Waals surface area contributed by atoms with Gasteiger partial charge in [0.15, 0.2) is 0 Å². The topological polar surface area (TPSA) is 83.7 Å². The molecule has 0 atom stereocenters. The molecule has 0 aliphatic rings. The summed E-state index contributed by atoms with van der Waals surface area (Å²) in [7, 11) is 0. The number of ether oxygens (including phenoxy) is 3. The number of hydrogen-bond donors (Lipinski definition) is 1. The molecule has 0 saturated carbocycles. The van der Waals surface area contributed by atoms with E-state index < -0.39 is 5.97 Å². The average Bonchev–Trinajstić information content (AvgIpc) is 2.40. The molecule has 19 heavy (non-hydrogen) atoms. The van der Waals surface area contributed by atoms with E-state index in [-0.39, 0.29) is 17.1 Å². The van der Waals surface area contributed by atoms with Crippen molar-refractivity contribution in [2.75, 3.05) is 32.2 Å². The number of pyridine rings is 1. The van der Waals surface area contributed by atoms with Crippen LogP contribution in [0.3, 0.4) is 0 Å². The van der Waals surface area contributed by atoms with Crippen molar-refractivity contribution in [3.05, 3.63) is 17.8 Å². The summed E-state index contributed by atoms with van der Waals surface area (Å²) in [4.78, 5) is 15.6. The Morgan fingerprint density at radius 2 is 2.11 bits per heavy atom. The van der Waals surface area contributed by atoms with Crippen LogP contribution in [0.25, 0.3) is 0 Å². The molecule has 1 aromatic rings. The second-order valence-electron chi connectivity index (χ2n) is 3.76. The monoisotopic (exact) mass is 268 g/mol. The Balaban J connectivity index is 2.59. The zero-order valence-electron chi connectivity index (χ0n) is 11.3. The lowest BCUT2D eigenvalue weighted by Crippen LogP contribution is -2.13. The molecule has 0 unspecified atom stereocenters. The minimum absolute atomic E-state index is 0.191. The zero-order chi connectivity index (χ0) is 14.1. The summed E-state index contributed by atoms with van der Waals surface area (Å²) in [5, 5.41) is 0. The number of carbonyl (C=O) groups excluding carboxylic acids is 1. The van der Waals surface area contributed by atoms with Crippen LogP contribution in [0.2, 0.25) is 0 Å². The number of anilines is 1. The number of carbonyl (C=O) groups is 1. The van der Waals surface area contributed by atoms with E-state index in [2.05, 4.69) is 4.98 Å². The van der Waals surface area contributed by atoms with E-state index in [0.717, 1.165) is 6.42 Å². The first-order valence-electron chi connectivity index (χ1n) is 6.32. The van der Waals surface area contributed by atoms with Gasteiger partial charge in [-0.3, -0.25) is 0 Å². The van der Waals surface area contributed by atoms with Gasteiger partial charge in [0, 0.05) is 12.8 Å². The lowest BCUT2D eigenvalue weighted by molar-refractivity contribution is 0.0526. The van der Waals surface area contributed by atoms with Crippen LogP contribution in [0.1, 0.15) is 30.6 Å². The third-order valence-corrected chi connectivity index (χ3v) is 2.26. The summed E-state index contributed by atoms with van der Waals surface area (Å²) >= 11 is 0. The molecule has 2 N–H and O–H groups in total. The van der Waals surface area contributed by atoms with Crippen molar-refractivity contribution in [3.63, 3.8) is 0 Å². The van der Waals surface area contributed by atoms with Gasteiger partial charge in [0.1, 0.15) is 12.3 Å². The van der Waals surface area contributed by atoms with Gasteiger partial charge in [-0.1, -0.05) is 6.92 Å². The molecule has 0 radical (unpaired) electrons. The van der Waals surface area contributed by atoms with E-state index in [0.29, 0.717) is 26.4 Å². The number of nitrogens with zero attached hydrogens (tertiary/aromatic N) is 1. The second-order valence-corrected chi connectivity index (χ2v) is 3.76. The van der Waals surface area contributed by atoms with Crippen molar-refractivity contribution in [3.8, 4) is 5.88 Å².